The number of hydrogen-bond acceptors (Lipinski definition) is 8. The summed E-state index contributed by atoms with van der Waals surface area (Å²) in [5.74, 6) is 0.159. The number of sulfonamides is 1. The van der Waals surface area contributed by atoms with Crippen LogP contribution in [0.2, 0.25) is 0 Å². The van der Waals surface area contributed by atoms with Gasteiger partial charge in [0.2, 0.25) is 10.0 Å². The average Bonchev–Trinajstić information content (AvgIpc) is 2.77. The molecule has 2 heterocycles. The van der Waals surface area contributed by atoms with Crippen molar-refractivity contribution in [3.63, 3.8) is 0 Å². The summed E-state index contributed by atoms with van der Waals surface area (Å²) in [5, 5.41) is 0. The first-order valence-corrected chi connectivity index (χ1v) is 12.4. The van der Waals surface area contributed by atoms with Crippen molar-refractivity contribution in [3.05, 3.63) is 56.7 Å². The molecule has 1 fully saturated rings. The molecule has 0 amide bonds. The van der Waals surface area contributed by atoms with Crippen LogP contribution in [0.4, 0.5) is 11.5 Å². The molecule has 13 heteroatoms. The minimum absolute atomic E-state index is 0. The van der Waals surface area contributed by atoms with E-state index in [1.54, 1.807) is 7.05 Å². The SMILES string of the molecule is Cl.Cn1c(N2CCN(CCCOC(=O)c3ccc(NS(C)(=O)=O)cc3)CC2)cc(=O)n(C)c1=O. The Kier molecular flexibility index (Phi) is 9.30. The lowest BCUT2D eigenvalue weighted by molar-refractivity contribution is 0.0487. The molecule has 3 rings (SSSR count). The molecule has 1 aliphatic heterocycles. The van der Waals surface area contributed by atoms with Gasteiger partial charge in [-0.15, -0.1) is 12.4 Å². The van der Waals surface area contributed by atoms with E-state index in [-0.39, 0.29) is 30.3 Å². The molecule has 0 bridgehead atoms. The number of ether oxygens (including phenoxy) is 1. The maximum Gasteiger partial charge on any atom is 0.338 e. The zero-order valence-corrected chi connectivity index (χ0v) is 21.0. The minimum atomic E-state index is -3.37. The fourth-order valence-electron chi connectivity index (χ4n) is 3.65. The fraction of sp³-hybridized carbons (Fsp3) is 0.476. The monoisotopic (exact) mass is 515 g/mol. The number of piperazine rings is 1. The molecule has 1 aliphatic rings. The zero-order valence-electron chi connectivity index (χ0n) is 19.4. The van der Waals surface area contributed by atoms with Crippen molar-refractivity contribution in [2.24, 2.45) is 14.1 Å². The fourth-order valence-corrected chi connectivity index (χ4v) is 4.21. The van der Waals surface area contributed by atoms with Crippen molar-refractivity contribution in [2.45, 2.75) is 6.42 Å². The van der Waals surface area contributed by atoms with Crippen LogP contribution in [-0.2, 0) is 28.9 Å². The second-order valence-corrected chi connectivity index (χ2v) is 9.76. The van der Waals surface area contributed by atoms with Gasteiger partial charge in [0.1, 0.15) is 5.82 Å². The van der Waals surface area contributed by atoms with Crippen LogP contribution in [0.15, 0.2) is 39.9 Å². The number of halogens is 1. The van der Waals surface area contributed by atoms with Gasteiger partial charge in [-0.3, -0.25) is 23.6 Å². The number of nitrogens with one attached hydrogen (secondary N) is 1. The first kappa shape index (κ1) is 27.4. The minimum Gasteiger partial charge on any atom is -0.462 e. The van der Waals surface area contributed by atoms with Crippen LogP contribution in [-0.4, -0.2) is 74.0 Å². The smallest absolute Gasteiger partial charge is 0.338 e. The molecule has 0 radical (unpaired) electrons. The molecule has 0 unspecified atom stereocenters. The Morgan fingerprint density at radius 1 is 1.03 bits per heavy atom. The highest BCUT2D eigenvalue weighted by Crippen LogP contribution is 2.14. The summed E-state index contributed by atoms with van der Waals surface area (Å²) in [6, 6.07) is 7.53. The normalized spacial score (nSPS) is 14.4. The third-order valence-electron chi connectivity index (χ3n) is 5.47. The maximum absolute atomic E-state index is 12.2. The van der Waals surface area contributed by atoms with Gasteiger partial charge in [-0.2, -0.15) is 0 Å². The van der Waals surface area contributed by atoms with Crippen LogP contribution in [0.3, 0.4) is 0 Å². The second-order valence-electron chi connectivity index (χ2n) is 8.01. The average molecular weight is 516 g/mol. The van der Waals surface area contributed by atoms with Crippen molar-refractivity contribution in [3.8, 4) is 0 Å². The van der Waals surface area contributed by atoms with Gasteiger partial charge in [-0.25, -0.2) is 18.0 Å². The Hall–Kier alpha value is -2.83. The van der Waals surface area contributed by atoms with E-state index in [2.05, 4.69) is 9.62 Å². The lowest BCUT2D eigenvalue weighted by Gasteiger charge is -2.36. The van der Waals surface area contributed by atoms with Crippen LogP contribution in [0.5, 0.6) is 0 Å². The summed E-state index contributed by atoms with van der Waals surface area (Å²) in [4.78, 5) is 40.5. The standard InChI is InChI=1S/C21H29N5O6S.ClH/c1-23-18(15-19(27)24(2)21(23)29)26-12-10-25(11-13-26)9-4-14-32-20(28)16-5-7-17(8-6-16)22-33(3,30)31;/h5-8,15,22H,4,9-14H2,1-3H3;1H. The third kappa shape index (κ3) is 7.08. The van der Waals surface area contributed by atoms with Gasteiger partial charge >= 0.3 is 11.7 Å². The summed E-state index contributed by atoms with van der Waals surface area (Å²) < 4.78 is 32.7. The molecule has 0 atom stereocenters. The maximum atomic E-state index is 12.2. The molecule has 1 N–H and O–H groups in total. The van der Waals surface area contributed by atoms with Crippen LogP contribution in [0.25, 0.3) is 0 Å². The first-order chi connectivity index (χ1) is 15.5. The number of nitrogens with zero attached hydrogens (tertiary/aromatic N) is 4. The summed E-state index contributed by atoms with van der Waals surface area (Å²) in [6.45, 7) is 3.94. The Balaban J connectivity index is 0.00000408. The quantitative estimate of drug-likeness (QED) is 0.392. The number of carbonyl (C=O) groups excluding carboxylic acids is 1. The van der Waals surface area contributed by atoms with E-state index >= 15 is 0 Å². The highest BCUT2D eigenvalue weighted by atomic mass is 35.5. The molecule has 0 aliphatic carbocycles. The van der Waals surface area contributed by atoms with Crippen LogP contribution in [0, 0.1) is 0 Å². The summed E-state index contributed by atoms with van der Waals surface area (Å²) in [5.41, 5.74) is 0.0631. The zero-order chi connectivity index (χ0) is 24.2. The predicted octanol–water partition coefficient (Wildman–Crippen LogP) is 0.246. The largest absolute Gasteiger partial charge is 0.462 e. The molecule has 2 aromatic rings. The summed E-state index contributed by atoms with van der Waals surface area (Å²) in [7, 11) is -0.246. The highest BCUT2D eigenvalue weighted by molar-refractivity contribution is 7.92. The Morgan fingerprint density at radius 3 is 2.24 bits per heavy atom. The third-order valence-corrected chi connectivity index (χ3v) is 6.08. The second kappa shape index (κ2) is 11.5. The molecule has 1 aromatic heterocycles. The number of hydrogen-bond donors (Lipinski definition) is 1. The van der Waals surface area contributed by atoms with Crippen molar-refractivity contribution < 1.29 is 17.9 Å². The van der Waals surface area contributed by atoms with E-state index < -0.39 is 16.0 Å². The van der Waals surface area contributed by atoms with E-state index in [4.69, 9.17) is 4.74 Å². The topological polar surface area (TPSA) is 123 Å². The van der Waals surface area contributed by atoms with Crippen molar-refractivity contribution in [1.29, 1.82) is 0 Å². The van der Waals surface area contributed by atoms with E-state index in [1.165, 1.54) is 41.9 Å². The lowest BCUT2D eigenvalue weighted by Crippen LogP contribution is -2.49. The molecular formula is C21H30ClN5O6S. The van der Waals surface area contributed by atoms with Crippen LogP contribution >= 0.6 is 12.4 Å². The molecule has 1 saturated heterocycles. The number of rotatable bonds is 8. The van der Waals surface area contributed by atoms with Crippen LogP contribution in [0.1, 0.15) is 16.8 Å². The molecule has 34 heavy (non-hydrogen) atoms. The molecular weight excluding hydrogens is 486 g/mol. The van der Waals surface area contributed by atoms with Gasteiger partial charge in [0.15, 0.2) is 0 Å². The number of aromatic nitrogens is 2. The number of esters is 1. The van der Waals surface area contributed by atoms with E-state index in [9.17, 15) is 22.8 Å². The lowest BCUT2D eigenvalue weighted by atomic mass is 10.2. The number of carbonyl (C=O) groups is 1. The van der Waals surface area contributed by atoms with E-state index in [1.807, 2.05) is 4.90 Å². The molecule has 188 valence electrons. The van der Waals surface area contributed by atoms with Crippen molar-refractivity contribution in [2.75, 3.05) is 55.2 Å². The molecule has 0 saturated carbocycles. The Bertz CT molecular complexity index is 1220. The van der Waals surface area contributed by atoms with Crippen molar-refractivity contribution >= 4 is 39.9 Å². The number of anilines is 2. The molecule has 1 aromatic carbocycles. The van der Waals surface area contributed by atoms with Gasteiger partial charge in [0.25, 0.3) is 5.56 Å². The van der Waals surface area contributed by atoms with Gasteiger partial charge in [0.05, 0.1) is 18.4 Å². The van der Waals surface area contributed by atoms with Crippen molar-refractivity contribution in [1.82, 2.24) is 14.0 Å². The Labute approximate surface area is 204 Å². The van der Waals surface area contributed by atoms with Gasteiger partial charge in [-0.1, -0.05) is 0 Å². The summed E-state index contributed by atoms with van der Waals surface area (Å²) >= 11 is 0. The summed E-state index contributed by atoms with van der Waals surface area (Å²) in [6.07, 6.45) is 1.73. The first-order valence-electron chi connectivity index (χ1n) is 10.5. The Morgan fingerprint density at radius 2 is 1.65 bits per heavy atom. The highest BCUT2D eigenvalue weighted by Gasteiger charge is 2.20. The molecule has 0 spiro atoms. The van der Waals surface area contributed by atoms with E-state index in [0.717, 1.165) is 30.5 Å². The molecule has 11 nitrogen and oxygen atoms in total. The van der Waals surface area contributed by atoms with Gasteiger partial charge in [-0.05, 0) is 30.7 Å². The van der Waals surface area contributed by atoms with Gasteiger partial charge < -0.3 is 9.64 Å². The van der Waals surface area contributed by atoms with Crippen LogP contribution < -0.4 is 20.9 Å². The van der Waals surface area contributed by atoms with E-state index in [0.29, 0.717) is 36.6 Å². The predicted molar refractivity (Wildman–Crippen MR) is 133 cm³/mol. The van der Waals surface area contributed by atoms with Gasteiger partial charge in [0, 0.05) is 58.6 Å². The number of benzene rings is 1.